The molecule has 0 amide bonds. The summed E-state index contributed by atoms with van der Waals surface area (Å²) in [5.74, 6) is 0.0921. The minimum absolute atomic E-state index is 0.0139. The lowest BCUT2D eigenvalue weighted by Crippen LogP contribution is -2.33. The van der Waals surface area contributed by atoms with Crippen molar-refractivity contribution in [3.8, 4) is 5.69 Å². The first-order valence-electron chi connectivity index (χ1n) is 11.2. The van der Waals surface area contributed by atoms with E-state index < -0.39 is 0 Å². The molecule has 1 fully saturated rings. The number of nitrogens with zero attached hydrogens (tertiary/aromatic N) is 3. The van der Waals surface area contributed by atoms with E-state index in [2.05, 4.69) is 53.5 Å². The first kappa shape index (κ1) is 23.0. The molecule has 3 heterocycles. The predicted molar refractivity (Wildman–Crippen MR) is 134 cm³/mol. The van der Waals surface area contributed by atoms with E-state index in [4.69, 9.17) is 17.0 Å². The highest BCUT2D eigenvalue weighted by molar-refractivity contribution is 7.80. The molecular weight excluding hydrogens is 432 g/mol. The molecule has 7 heteroatoms. The number of hydrogen-bond donors (Lipinski definition) is 1. The van der Waals surface area contributed by atoms with Gasteiger partial charge in [0.15, 0.2) is 5.11 Å². The molecule has 2 aromatic heterocycles. The molecule has 0 saturated carbocycles. The number of aryl methyl sites for hydroxylation is 1. The number of carbonyl (C=O) groups is 1. The number of hydrogen-bond acceptors (Lipinski definition) is 4. The average Bonchev–Trinajstić information content (AvgIpc) is 3.28. The van der Waals surface area contributed by atoms with Crippen LogP contribution >= 0.6 is 12.2 Å². The van der Waals surface area contributed by atoms with E-state index in [0.29, 0.717) is 11.5 Å². The van der Waals surface area contributed by atoms with Crippen LogP contribution < -0.4 is 5.32 Å². The van der Waals surface area contributed by atoms with E-state index in [0.717, 1.165) is 40.0 Å². The Balaban J connectivity index is 1.87. The molecule has 1 aliphatic heterocycles. The molecule has 1 aliphatic rings. The summed E-state index contributed by atoms with van der Waals surface area (Å²) in [6.07, 6.45) is 1.82. The van der Waals surface area contributed by atoms with Gasteiger partial charge in [0, 0.05) is 24.1 Å². The smallest absolute Gasteiger partial charge is 0.339 e. The monoisotopic (exact) mass is 462 g/mol. The summed E-state index contributed by atoms with van der Waals surface area (Å²) in [7, 11) is 1.41. The Morgan fingerprint density at radius 2 is 1.91 bits per heavy atom. The van der Waals surface area contributed by atoms with Crippen molar-refractivity contribution in [3.63, 3.8) is 0 Å². The number of rotatable bonds is 6. The van der Waals surface area contributed by atoms with Gasteiger partial charge in [-0.15, -0.1) is 0 Å². The standard InChI is InChI=1S/C26H30N4O2S/c1-16(2)15-29-24(23(28-26(29)33)21-11-8-9-13-27-21)20-14-17(3)30(18(20)4)22-12-7-6-10-19(22)25(31)32-5/h6-14,16,23-24H,15H2,1-5H3,(H,28,33). The van der Waals surface area contributed by atoms with Crippen molar-refractivity contribution >= 4 is 23.3 Å². The molecule has 0 radical (unpaired) electrons. The minimum Gasteiger partial charge on any atom is -0.465 e. The molecule has 0 aliphatic carbocycles. The van der Waals surface area contributed by atoms with Crippen molar-refractivity contribution in [1.29, 1.82) is 0 Å². The van der Waals surface area contributed by atoms with Crippen LogP contribution in [0.4, 0.5) is 0 Å². The molecule has 2 atom stereocenters. The van der Waals surface area contributed by atoms with Gasteiger partial charge >= 0.3 is 5.97 Å². The van der Waals surface area contributed by atoms with Crippen LogP contribution in [0.3, 0.4) is 0 Å². The first-order chi connectivity index (χ1) is 15.8. The summed E-state index contributed by atoms with van der Waals surface area (Å²) in [5.41, 5.74) is 5.57. The highest BCUT2D eigenvalue weighted by Crippen LogP contribution is 2.41. The van der Waals surface area contributed by atoms with Gasteiger partial charge in [-0.05, 0) is 67.9 Å². The average molecular weight is 463 g/mol. The van der Waals surface area contributed by atoms with Crippen LogP contribution in [0.5, 0.6) is 0 Å². The molecular formula is C26H30N4O2S. The molecule has 4 rings (SSSR count). The SMILES string of the molecule is COC(=O)c1ccccc1-n1c(C)cc(C2C(c3ccccn3)NC(=S)N2CC(C)C)c1C. The molecule has 33 heavy (non-hydrogen) atoms. The quantitative estimate of drug-likeness (QED) is 0.415. The minimum atomic E-state index is -0.351. The number of nitrogens with one attached hydrogen (secondary N) is 1. The van der Waals surface area contributed by atoms with E-state index in [1.807, 2.05) is 42.6 Å². The predicted octanol–water partition coefficient (Wildman–Crippen LogP) is 4.90. The Morgan fingerprint density at radius 3 is 2.58 bits per heavy atom. The molecule has 1 N–H and O–H groups in total. The second-order valence-electron chi connectivity index (χ2n) is 8.84. The largest absolute Gasteiger partial charge is 0.465 e. The number of esters is 1. The van der Waals surface area contributed by atoms with Crippen LogP contribution in [-0.4, -0.2) is 39.2 Å². The molecule has 172 valence electrons. The van der Waals surface area contributed by atoms with Crippen LogP contribution in [-0.2, 0) is 4.74 Å². The maximum Gasteiger partial charge on any atom is 0.339 e. The summed E-state index contributed by atoms with van der Waals surface area (Å²) < 4.78 is 7.17. The van der Waals surface area contributed by atoms with Gasteiger partial charge < -0.3 is 19.5 Å². The summed E-state index contributed by atoms with van der Waals surface area (Å²) >= 11 is 5.78. The van der Waals surface area contributed by atoms with Gasteiger partial charge in [-0.2, -0.15) is 0 Å². The molecule has 0 bridgehead atoms. The lowest BCUT2D eigenvalue weighted by atomic mass is 9.96. The van der Waals surface area contributed by atoms with Crippen LogP contribution in [0, 0.1) is 19.8 Å². The highest BCUT2D eigenvalue weighted by atomic mass is 32.1. The van der Waals surface area contributed by atoms with E-state index in [-0.39, 0.29) is 18.1 Å². The van der Waals surface area contributed by atoms with Crippen LogP contribution in [0.25, 0.3) is 5.69 Å². The van der Waals surface area contributed by atoms with Crippen molar-refractivity contribution < 1.29 is 9.53 Å². The molecule has 1 saturated heterocycles. The third-order valence-electron chi connectivity index (χ3n) is 6.10. The van der Waals surface area contributed by atoms with Crippen LogP contribution in [0.15, 0.2) is 54.7 Å². The van der Waals surface area contributed by atoms with Crippen molar-refractivity contribution in [3.05, 3.63) is 82.9 Å². The van der Waals surface area contributed by atoms with E-state index in [9.17, 15) is 4.79 Å². The van der Waals surface area contributed by atoms with Gasteiger partial charge in [-0.25, -0.2) is 4.79 Å². The van der Waals surface area contributed by atoms with Crippen molar-refractivity contribution in [2.24, 2.45) is 5.92 Å². The Labute approximate surface area is 200 Å². The Hall–Kier alpha value is -3.19. The fourth-order valence-corrected chi connectivity index (χ4v) is 5.06. The van der Waals surface area contributed by atoms with Crippen molar-refractivity contribution in [2.75, 3.05) is 13.7 Å². The number of aromatic nitrogens is 2. The molecule has 1 aromatic carbocycles. The number of para-hydroxylation sites is 1. The van der Waals surface area contributed by atoms with Gasteiger partial charge in [-0.1, -0.05) is 32.0 Å². The zero-order valence-corrected chi connectivity index (χ0v) is 20.5. The number of methoxy groups -OCH3 is 1. The highest BCUT2D eigenvalue weighted by Gasteiger charge is 2.41. The topological polar surface area (TPSA) is 59.4 Å². The fourth-order valence-electron chi connectivity index (χ4n) is 4.74. The zero-order valence-electron chi connectivity index (χ0n) is 19.7. The number of thiocarbonyl (C=S) groups is 1. The van der Waals surface area contributed by atoms with Gasteiger partial charge in [0.25, 0.3) is 0 Å². The van der Waals surface area contributed by atoms with Gasteiger partial charge in [-0.3, -0.25) is 4.98 Å². The third-order valence-corrected chi connectivity index (χ3v) is 6.45. The fraction of sp³-hybridized carbons (Fsp3) is 0.346. The Kier molecular flexibility index (Phi) is 6.51. The maximum atomic E-state index is 12.5. The number of pyridine rings is 1. The Bertz CT molecular complexity index is 1170. The second-order valence-corrected chi connectivity index (χ2v) is 9.23. The zero-order chi connectivity index (χ0) is 23.7. The summed E-state index contributed by atoms with van der Waals surface area (Å²) in [6, 6.07) is 15.6. The van der Waals surface area contributed by atoms with Crippen LogP contribution in [0.1, 0.15) is 58.9 Å². The number of carbonyl (C=O) groups excluding carboxylic acids is 1. The van der Waals surface area contributed by atoms with E-state index in [1.54, 1.807) is 6.07 Å². The van der Waals surface area contributed by atoms with Gasteiger partial charge in [0.2, 0.25) is 0 Å². The third kappa shape index (κ3) is 4.25. The number of benzene rings is 1. The van der Waals surface area contributed by atoms with Gasteiger partial charge in [0.1, 0.15) is 0 Å². The first-order valence-corrected chi connectivity index (χ1v) is 11.6. The van der Waals surface area contributed by atoms with Crippen LogP contribution in [0.2, 0.25) is 0 Å². The second kappa shape index (κ2) is 9.35. The summed E-state index contributed by atoms with van der Waals surface area (Å²) in [6.45, 7) is 9.39. The van der Waals surface area contributed by atoms with E-state index in [1.165, 1.54) is 7.11 Å². The summed E-state index contributed by atoms with van der Waals surface area (Å²) in [4.78, 5) is 19.4. The maximum absolute atomic E-state index is 12.5. The normalized spacial score (nSPS) is 18.0. The molecule has 2 unspecified atom stereocenters. The number of ether oxygens (including phenoxy) is 1. The molecule has 6 nitrogen and oxygen atoms in total. The lowest BCUT2D eigenvalue weighted by molar-refractivity contribution is 0.0600. The molecule has 3 aromatic rings. The van der Waals surface area contributed by atoms with Gasteiger partial charge in [0.05, 0.1) is 36.1 Å². The van der Waals surface area contributed by atoms with E-state index >= 15 is 0 Å². The molecule has 0 spiro atoms. The Morgan fingerprint density at radius 1 is 1.18 bits per heavy atom. The lowest BCUT2D eigenvalue weighted by Gasteiger charge is -2.29. The summed E-state index contributed by atoms with van der Waals surface area (Å²) in [5, 5.41) is 4.26. The van der Waals surface area contributed by atoms with Crippen molar-refractivity contribution in [2.45, 2.75) is 39.8 Å². The van der Waals surface area contributed by atoms with Crippen molar-refractivity contribution in [1.82, 2.24) is 19.8 Å².